The fourth-order valence-corrected chi connectivity index (χ4v) is 5.66. The number of fused-ring (bicyclic) bond motifs is 2. The van der Waals surface area contributed by atoms with Crippen LogP contribution >= 0.6 is 0 Å². The van der Waals surface area contributed by atoms with E-state index < -0.39 is 22.0 Å². The molecule has 0 fully saturated rings. The van der Waals surface area contributed by atoms with Gasteiger partial charge in [0.15, 0.2) is 0 Å². The number of hydrogen-bond donors (Lipinski definition) is 2. The second-order valence-corrected chi connectivity index (χ2v) is 8.51. The average molecular weight is 375 g/mol. The number of carbonyl (C=O) groups excluding carboxylic acids is 1. The van der Waals surface area contributed by atoms with E-state index in [1.165, 1.54) is 12.1 Å². The summed E-state index contributed by atoms with van der Waals surface area (Å²) in [6, 6.07) is 9.40. The minimum Gasteiger partial charge on any atom is -0.384 e. The maximum atomic E-state index is 13.4. The number of nitrogens with two attached hydrogens (primary N) is 1. The number of amides is 1. The molecule has 2 aliphatic heterocycles. The highest BCUT2D eigenvalue weighted by Crippen LogP contribution is 2.43. The highest BCUT2D eigenvalue weighted by molar-refractivity contribution is 7.89. The number of rotatable bonds is 3. The Morgan fingerprint density at radius 2 is 2.04 bits per heavy atom. The van der Waals surface area contributed by atoms with Gasteiger partial charge in [-0.25, -0.2) is 12.8 Å². The number of benzene rings is 2. The first-order chi connectivity index (χ1) is 12.3. The van der Waals surface area contributed by atoms with Gasteiger partial charge in [0.2, 0.25) is 15.9 Å². The third-order valence-corrected chi connectivity index (χ3v) is 7.09. The van der Waals surface area contributed by atoms with E-state index in [1.54, 1.807) is 25.1 Å². The zero-order valence-corrected chi connectivity index (χ0v) is 14.9. The Morgan fingerprint density at radius 3 is 2.77 bits per heavy atom. The molecule has 2 aliphatic rings. The van der Waals surface area contributed by atoms with Crippen molar-refractivity contribution in [3.8, 4) is 0 Å². The van der Waals surface area contributed by atoms with Crippen molar-refractivity contribution in [3.63, 3.8) is 0 Å². The molecule has 26 heavy (non-hydrogen) atoms. The quantitative estimate of drug-likeness (QED) is 0.857. The standard InChI is InChI=1S/C18H18FN3O3S/c1-10-14-6-11(15-8-21-16-7-12(19)3-4-13(15)16)2-5-17(14)26(24,25)22(10)9-18(20)23/h2-7,10,15,21H,8-9H2,1H3,(H2,20,23). The van der Waals surface area contributed by atoms with Crippen molar-refractivity contribution < 1.29 is 17.6 Å². The van der Waals surface area contributed by atoms with Crippen LogP contribution in [0.1, 0.15) is 35.6 Å². The number of hydrogen-bond acceptors (Lipinski definition) is 4. The molecule has 4 rings (SSSR count). The Morgan fingerprint density at radius 1 is 1.27 bits per heavy atom. The van der Waals surface area contributed by atoms with Crippen LogP contribution in [0.25, 0.3) is 0 Å². The SMILES string of the molecule is CC1c2cc(C3CNc4cc(F)ccc43)ccc2S(=O)(=O)N1CC(N)=O. The van der Waals surface area contributed by atoms with Gasteiger partial charge in [0, 0.05) is 24.2 Å². The van der Waals surface area contributed by atoms with Crippen LogP contribution in [0.3, 0.4) is 0 Å². The maximum Gasteiger partial charge on any atom is 0.244 e. The van der Waals surface area contributed by atoms with Crippen LogP contribution in [0.5, 0.6) is 0 Å². The maximum absolute atomic E-state index is 13.4. The average Bonchev–Trinajstić information content (AvgIpc) is 3.07. The lowest BCUT2D eigenvalue weighted by atomic mass is 9.91. The molecule has 2 atom stereocenters. The van der Waals surface area contributed by atoms with E-state index >= 15 is 0 Å². The largest absolute Gasteiger partial charge is 0.384 e. The van der Waals surface area contributed by atoms with E-state index in [1.807, 2.05) is 6.07 Å². The molecule has 8 heteroatoms. The fourth-order valence-electron chi connectivity index (χ4n) is 3.82. The molecule has 0 bridgehead atoms. The van der Waals surface area contributed by atoms with Crippen molar-refractivity contribution in [1.82, 2.24) is 4.31 Å². The Labute approximate surface area is 150 Å². The molecule has 2 unspecified atom stereocenters. The van der Waals surface area contributed by atoms with Gasteiger partial charge in [-0.15, -0.1) is 0 Å². The topological polar surface area (TPSA) is 92.5 Å². The third-order valence-electron chi connectivity index (χ3n) is 5.10. The Kier molecular flexibility index (Phi) is 3.78. The van der Waals surface area contributed by atoms with Gasteiger partial charge < -0.3 is 11.1 Å². The second kappa shape index (κ2) is 5.78. The molecule has 6 nitrogen and oxygen atoms in total. The van der Waals surface area contributed by atoms with Crippen molar-refractivity contribution in [2.24, 2.45) is 5.73 Å². The lowest BCUT2D eigenvalue weighted by Gasteiger charge is -2.18. The van der Waals surface area contributed by atoms with Gasteiger partial charge in [-0.05, 0) is 41.8 Å². The smallest absolute Gasteiger partial charge is 0.244 e. The molecule has 0 aromatic heterocycles. The molecule has 0 saturated heterocycles. The molecule has 2 aromatic carbocycles. The minimum absolute atomic E-state index is 0.0102. The summed E-state index contributed by atoms with van der Waals surface area (Å²) in [5.74, 6) is -0.979. The highest BCUT2D eigenvalue weighted by Gasteiger charge is 2.41. The van der Waals surface area contributed by atoms with Gasteiger partial charge in [0.25, 0.3) is 0 Å². The number of nitrogens with one attached hydrogen (secondary N) is 1. The summed E-state index contributed by atoms with van der Waals surface area (Å²) in [6.45, 7) is 2.01. The zero-order valence-electron chi connectivity index (χ0n) is 14.1. The summed E-state index contributed by atoms with van der Waals surface area (Å²) in [4.78, 5) is 11.5. The molecule has 3 N–H and O–H groups in total. The lowest BCUT2D eigenvalue weighted by molar-refractivity contribution is -0.118. The van der Waals surface area contributed by atoms with E-state index in [0.29, 0.717) is 12.1 Å². The molecule has 136 valence electrons. The van der Waals surface area contributed by atoms with Gasteiger partial charge in [0.05, 0.1) is 11.4 Å². The first kappa shape index (κ1) is 17.0. The zero-order chi connectivity index (χ0) is 18.6. The number of carbonyl (C=O) groups is 1. The Hall–Kier alpha value is -2.45. The van der Waals surface area contributed by atoms with Crippen LogP contribution in [0.4, 0.5) is 10.1 Å². The number of sulfonamides is 1. The van der Waals surface area contributed by atoms with Crippen LogP contribution in [0.2, 0.25) is 0 Å². The fraction of sp³-hybridized carbons (Fsp3) is 0.278. The molecule has 0 radical (unpaired) electrons. The van der Waals surface area contributed by atoms with Gasteiger partial charge in [0.1, 0.15) is 5.82 Å². The van der Waals surface area contributed by atoms with Crippen LogP contribution in [0, 0.1) is 5.82 Å². The third kappa shape index (κ3) is 2.48. The molecule has 0 aliphatic carbocycles. The molecular formula is C18H18FN3O3S. The minimum atomic E-state index is -3.73. The number of primary amides is 1. The van der Waals surface area contributed by atoms with Gasteiger partial charge >= 0.3 is 0 Å². The number of nitrogens with zero attached hydrogens (tertiary/aromatic N) is 1. The summed E-state index contributed by atoms with van der Waals surface area (Å²) in [6.07, 6.45) is 0. The number of halogens is 1. The summed E-state index contributed by atoms with van der Waals surface area (Å²) in [5.41, 5.74) is 8.54. The van der Waals surface area contributed by atoms with Crippen molar-refractivity contribution in [3.05, 3.63) is 58.9 Å². The molecular weight excluding hydrogens is 357 g/mol. The summed E-state index contributed by atoms with van der Waals surface area (Å²) >= 11 is 0. The van der Waals surface area contributed by atoms with Gasteiger partial charge in [-0.1, -0.05) is 18.2 Å². The number of anilines is 1. The van der Waals surface area contributed by atoms with E-state index in [0.717, 1.165) is 21.1 Å². The molecule has 1 amide bonds. The predicted octanol–water partition coefficient (Wildman–Crippen LogP) is 1.93. The summed E-state index contributed by atoms with van der Waals surface area (Å²) < 4.78 is 39.9. The normalized spacial score (nSPS) is 23.3. The Balaban J connectivity index is 1.75. The molecule has 0 spiro atoms. The van der Waals surface area contributed by atoms with E-state index in [4.69, 9.17) is 5.73 Å². The highest BCUT2D eigenvalue weighted by atomic mass is 32.2. The first-order valence-corrected chi connectivity index (χ1v) is 9.70. The van der Waals surface area contributed by atoms with Crippen LogP contribution in [-0.2, 0) is 14.8 Å². The van der Waals surface area contributed by atoms with Crippen molar-refractivity contribution in [2.45, 2.75) is 23.8 Å². The monoisotopic (exact) mass is 375 g/mol. The van der Waals surface area contributed by atoms with Crippen LogP contribution in [-0.4, -0.2) is 31.7 Å². The van der Waals surface area contributed by atoms with Crippen molar-refractivity contribution >= 4 is 21.6 Å². The van der Waals surface area contributed by atoms with E-state index in [-0.39, 0.29) is 23.2 Å². The van der Waals surface area contributed by atoms with Crippen molar-refractivity contribution in [1.29, 1.82) is 0 Å². The molecule has 2 heterocycles. The molecule has 0 saturated carbocycles. The van der Waals surface area contributed by atoms with Crippen LogP contribution < -0.4 is 11.1 Å². The van der Waals surface area contributed by atoms with E-state index in [2.05, 4.69) is 5.32 Å². The van der Waals surface area contributed by atoms with Gasteiger partial charge in [-0.2, -0.15) is 4.31 Å². The summed E-state index contributed by atoms with van der Waals surface area (Å²) in [7, 11) is -3.73. The van der Waals surface area contributed by atoms with Gasteiger partial charge in [-0.3, -0.25) is 4.79 Å². The van der Waals surface area contributed by atoms with Crippen LogP contribution in [0.15, 0.2) is 41.3 Å². The second-order valence-electron chi connectivity index (χ2n) is 6.65. The van der Waals surface area contributed by atoms with Crippen molar-refractivity contribution in [2.75, 3.05) is 18.4 Å². The predicted molar refractivity (Wildman–Crippen MR) is 94.7 cm³/mol. The summed E-state index contributed by atoms with van der Waals surface area (Å²) in [5, 5.41) is 3.19. The first-order valence-electron chi connectivity index (χ1n) is 8.26. The lowest BCUT2D eigenvalue weighted by Crippen LogP contribution is -2.35. The molecule has 2 aromatic rings. The Bertz CT molecular complexity index is 1020. The van der Waals surface area contributed by atoms with E-state index in [9.17, 15) is 17.6 Å².